The highest BCUT2D eigenvalue weighted by Gasteiger charge is 2.38. The number of non-ortho nitro benzene ring substituents is 1. The molecule has 1 aromatic rings. The summed E-state index contributed by atoms with van der Waals surface area (Å²) in [5, 5.41) is 16.8. The van der Waals surface area contributed by atoms with Crippen molar-refractivity contribution < 1.29 is 28.8 Å². The molecule has 10 nitrogen and oxygen atoms in total. The van der Waals surface area contributed by atoms with Gasteiger partial charge in [0.15, 0.2) is 0 Å². The Morgan fingerprint density at radius 2 is 1.87 bits per heavy atom. The number of nitro groups is 1. The number of carbonyl (C=O) groups is 3. The van der Waals surface area contributed by atoms with Gasteiger partial charge in [-0.25, -0.2) is 9.59 Å². The molecule has 31 heavy (non-hydrogen) atoms. The lowest BCUT2D eigenvalue weighted by Gasteiger charge is -2.31. The van der Waals surface area contributed by atoms with Crippen LogP contribution in [0.15, 0.2) is 46.8 Å². The molecular formula is C21H25N3O7. The highest BCUT2D eigenvalue weighted by atomic mass is 16.6. The van der Waals surface area contributed by atoms with Crippen molar-refractivity contribution in [3.63, 3.8) is 0 Å². The van der Waals surface area contributed by atoms with Crippen LogP contribution in [0.3, 0.4) is 0 Å². The molecule has 1 aromatic carbocycles. The molecule has 0 bridgehead atoms. The third-order valence-corrected chi connectivity index (χ3v) is 4.81. The van der Waals surface area contributed by atoms with E-state index in [1.807, 2.05) is 0 Å². The van der Waals surface area contributed by atoms with E-state index in [0.717, 1.165) is 0 Å². The van der Waals surface area contributed by atoms with Crippen molar-refractivity contribution in [3.8, 4) is 0 Å². The van der Waals surface area contributed by atoms with Crippen LogP contribution in [0.1, 0.15) is 39.2 Å². The first-order valence-corrected chi connectivity index (χ1v) is 9.61. The van der Waals surface area contributed by atoms with Gasteiger partial charge in [-0.2, -0.15) is 0 Å². The summed E-state index contributed by atoms with van der Waals surface area (Å²) in [6, 6.07) is 4.76. The largest absolute Gasteiger partial charge is 0.466 e. The Morgan fingerprint density at radius 1 is 1.23 bits per heavy atom. The number of methoxy groups -OCH3 is 1. The lowest BCUT2D eigenvalue weighted by molar-refractivity contribution is -0.384. The van der Waals surface area contributed by atoms with Gasteiger partial charge in [0, 0.05) is 29.1 Å². The molecule has 1 heterocycles. The molecule has 2 N–H and O–H groups in total. The maximum atomic E-state index is 13.2. The number of amides is 1. The number of nitro benzene ring substituents is 1. The van der Waals surface area contributed by atoms with E-state index < -0.39 is 34.7 Å². The zero-order valence-electron chi connectivity index (χ0n) is 18.0. The van der Waals surface area contributed by atoms with Crippen LogP contribution in [0.2, 0.25) is 0 Å². The Balaban J connectivity index is 2.58. The van der Waals surface area contributed by atoms with Crippen LogP contribution in [0.25, 0.3) is 0 Å². The Kier molecular flexibility index (Phi) is 7.51. The molecule has 0 radical (unpaired) electrons. The summed E-state index contributed by atoms with van der Waals surface area (Å²) >= 11 is 0. The molecule has 2 atom stereocenters. The van der Waals surface area contributed by atoms with Gasteiger partial charge in [0.25, 0.3) is 11.6 Å². The zero-order chi connectivity index (χ0) is 23.3. The second-order valence-corrected chi connectivity index (χ2v) is 6.93. The van der Waals surface area contributed by atoms with E-state index in [-0.39, 0.29) is 23.4 Å². The van der Waals surface area contributed by atoms with Crippen molar-refractivity contribution in [3.05, 3.63) is 62.5 Å². The van der Waals surface area contributed by atoms with Gasteiger partial charge in [-0.05, 0) is 33.3 Å². The maximum Gasteiger partial charge on any atom is 0.336 e. The summed E-state index contributed by atoms with van der Waals surface area (Å²) in [5.41, 5.74) is 1.36. The van der Waals surface area contributed by atoms with E-state index in [9.17, 15) is 24.5 Å². The van der Waals surface area contributed by atoms with Crippen LogP contribution in [0.4, 0.5) is 5.69 Å². The molecule has 10 heteroatoms. The van der Waals surface area contributed by atoms with Crippen molar-refractivity contribution in [2.75, 3.05) is 13.7 Å². The number of esters is 2. The fourth-order valence-electron chi connectivity index (χ4n) is 3.43. The van der Waals surface area contributed by atoms with E-state index in [1.54, 1.807) is 26.8 Å². The number of nitrogens with one attached hydrogen (secondary N) is 2. The third-order valence-electron chi connectivity index (χ3n) is 4.81. The van der Waals surface area contributed by atoms with E-state index in [1.165, 1.54) is 32.2 Å². The first-order valence-electron chi connectivity index (χ1n) is 9.61. The Bertz CT molecular complexity index is 981. The number of allylic oxidation sites excluding steroid dienone is 2. The molecule has 0 aliphatic carbocycles. The predicted octanol–water partition coefficient (Wildman–Crippen LogP) is 2.07. The number of hydrogen-bond donors (Lipinski definition) is 2. The molecule has 166 valence electrons. The van der Waals surface area contributed by atoms with Gasteiger partial charge in [-0.1, -0.05) is 12.1 Å². The minimum Gasteiger partial charge on any atom is -0.466 e. The van der Waals surface area contributed by atoms with Crippen molar-refractivity contribution in [1.29, 1.82) is 0 Å². The smallest absolute Gasteiger partial charge is 0.336 e. The fourth-order valence-corrected chi connectivity index (χ4v) is 3.43. The van der Waals surface area contributed by atoms with Gasteiger partial charge in [-0.3, -0.25) is 14.9 Å². The normalized spacial score (nSPS) is 16.9. The zero-order valence-corrected chi connectivity index (χ0v) is 18.0. The Labute approximate surface area is 179 Å². The third kappa shape index (κ3) is 5.08. The summed E-state index contributed by atoms with van der Waals surface area (Å²) in [7, 11) is 1.21. The average molecular weight is 431 g/mol. The summed E-state index contributed by atoms with van der Waals surface area (Å²) in [6.45, 7) is 6.58. The molecule has 0 saturated carbocycles. The molecule has 0 fully saturated rings. The van der Waals surface area contributed by atoms with Gasteiger partial charge in [0.1, 0.15) is 6.04 Å². The SMILES string of the molecule is CCOC(=O)C(C)NC(=O)C1=C(C)NC(C)=C(C(=O)OC)C1c1cccc([N+](=O)[O-])c1. The lowest BCUT2D eigenvalue weighted by atomic mass is 9.80. The van der Waals surface area contributed by atoms with Crippen LogP contribution in [0.5, 0.6) is 0 Å². The van der Waals surface area contributed by atoms with Crippen molar-refractivity contribution in [2.24, 2.45) is 0 Å². The molecule has 0 aromatic heterocycles. The lowest BCUT2D eigenvalue weighted by Crippen LogP contribution is -2.43. The second-order valence-electron chi connectivity index (χ2n) is 6.93. The van der Waals surface area contributed by atoms with E-state index in [4.69, 9.17) is 9.47 Å². The first-order chi connectivity index (χ1) is 14.6. The Morgan fingerprint density at radius 3 is 2.45 bits per heavy atom. The van der Waals surface area contributed by atoms with Gasteiger partial charge >= 0.3 is 11.9 Å². The maximum absolute atomic E-state index is 13.2. The van der Waals surface area contributed by atoms with Crippen LogP contribution < -0.4 is 10.6 Å². The van der Waals surface area contributed by atoms with Crippen LogP contribution >= 0.6 is 0 Å². The summed E-state index contributed by atoms with van der Waals surface area (Å²) in [6.07, 6.45) is 0. The summed E-state index contributed by atoms with van der Waals surface area (Å²) in [4.78, 5) is 48.4. The summed E-state index contributed by atoms with van der Waals surface area (Å²) < 4.78 is 9.83. The van der Waals surface area contributed by atoms with Gasteiger partial charge in [-0.15, -0.1) is 0 Å². The van der Waals surface area contributed by atoms with Crippen LogP contribution in [-0.4, -0.2) is 42.5 Å². The average Bonchev–Trinajstić information content (AvgIpc) is 2.72. The minimum absolute atomic E-state index is 0.141. The van der Waals surface area contributed by atoms with Crippen LogP contribution in [0, 0.1) is 10.1 Å². The van der Waals surface area contributed by atoms with E-state index in [0.29, 0.717) is 17.0 Å². The van der Waals surface area contributed by atoms with Crippen molar-refractivity contribution >= 4 is 23.5 Å². The number of benzene rings is 1. The van der Waals surface area contributed by atoms with Gasteiger partial charge in [0.05, 0.1) is 30.1 Å². The number of carbonyl (C=O) groups excluding carboxylic acids is 3. The molecule has 2 unspecified atom stereocenters. The van der Waals surface area contributed by atoms with Gasteiger partial charge < -0.3 is 20.1 Å². The Hall–Kier alpha value is -3.69. The second kappa shape index (κ2) is 9.88. The predicted molar refractivity (Wildman–Crippen MR) is 111 cm³/mol. The molecule has 1 aliphatic heterocycles. The monoisotopic (exact) mass is 431 g/mol. The van der Waals surface area contributed by atoms with Crippen molar-refractivity contribution in [2.45, 2.75) is 39.7 Å². The number of ether oxygens (including phenoxy) is 2. The molecule has 1 aliphatic rings. The van der Waals surface area contributed by atoms with E-state index in [2.05, 4.69) is 10.6 Å². The molecule has 0 spiro atoms. The minimum atomic E-state index is -0.942. The number of hydrogen-bond acceptors (Lipinski definition) is 8. The van der Waals surface area contributed by atoms with E-state index >= 15 is 0 Å². The number of dihydropyridines is 1. The standard InChI is InChI=1S/C21H25N3O7/c1-6-31-20(26)13(4)23-19(25)16-11(2)22-12(3)17(21(27)30-5)18(16)14-8-7-9-15(10-14)24(28)29/h7-10,13,18,22H,6H2,1-5H3,(H,23,25). The highest BCUT2D eigenvalue weighted by molar-refractivity contribution is 6.03. The first kappa shape index (κ1) is 23.6. The fraction of sp³-hybridized carbons (Fsp3) is 0.381. The van der Waals surface area contributed by atoms with Gasteiger partial charge in [0.2, 0.25) is 0 Å². The molecule has 2 rings (SSSR count). The van der Waals surface area contributed by atoms with Crippen LogP contribution in [-0.2, 0) is 23.9 Å². The quantitative estimate of drug-likeness (QED) is 0.380. The number of rotatable bonds is 7. The highest BCUT2D eigenvalue weighted by Crippen LogP contribution is 2.39. The molecule has 1 amide bonds. The van der Waals surface area contributed by atoms with Crippen molar-refractivity contribution in [1.82, 2.24) is 10.6 Å². The molecule has 0 saturated heterocycles. The summed E-state index contributed by atoms with van der Waals surface area (Å²) in [5.74, 6) is -2.85. The topological polar surface area (TPSA) is 137 Å². The number of nitrogens with zero attached hydrogens (tertiary/aromatic N) is 1. The molecular weight excluding hydrogens is 406 g/mol.